The minimum atomic E-state index is -0.834. The van der Waals surface area contributed by atoms with Crippen LogP contribution in [0.25, 0.3) is 0 Å². The lowest BCUT2D eigenvalue weighted by molar-refractivity contribution is -0.122. The molecule has 0 heterocycles. The molecule has 5 heteroatoms. The summed E-state index contributed by atoms with van der Waals surface area (Å²) in [5.74, 6) is 0.825. The molecule has 0 fully saturated rings. The van der Waals surface area contributed by atoms with Crippen LogP contribution in [0.4, 0.5) is 0 Å². The topological polar surface area (TPSA) is 75.4 Å². The number of aliphatic hydroxyl groups is 1. The molecule has 4 nitrogen and oxygen atoms in total. The van der Waals surface area contributed by atoms with Crippen molar-refractivity contribution in [2.75, 3.05) is 25.1 Å². The van der Waals surface area contributed by atoms with E-state index >= 15 is 0 Å². The molecule has 0 radical (unpaired) electrons. The lowest BCUT2D eigenvalue weighted by Gasteiger charge is -2.23. The molecule has 2 unspecified atom stereocenters. The van der Waals surface area contributed by atoms with Crippen molar-refractivity contribution >= 4 is 17.7 Å². The molecule has 0 saturated carbocycles. The molecule has 0 bridgehead atoms. The van der Waals surface area contributed by atoms with Crippen LogP contribution in [0.2, 0.25) is 0 Å². The molecule has 0 aliphatic rings. The zero-order chi connectivity index (χ0) is 12.6. The monoisotopic (exact) mass is 248 g/mol. The smallest absolute Gasteiger partial charge is 0.220 e. The van der Waals surface area contributed by atoms with E-state index in [0.717, 1.165) is 6.42 Å². The molecule has 0 saturated heterocycles. The van der Waals surface area contributed by atoms with Crippen LogP contribution in [0.3, 0.4) is 0 Å². The standard InChI is InChI=1S/C11H24N2O2S/c1-4-9(6-12)5-10(14)13-7-11(2,15)8-16-3/h9,15H,4-8,12H2,1-3H3,(H,13,14). The van der Waals surface area contributed by atoms with Gasteiger partial charge in [-0.3, -0.25) is 4.79 Å². The van der Waals surface area contributed by atoms with Crippen molar-refractivity contribution in [1.82, 2.24) is 5.32 Å². The van der Waals surface area contributed by atoms with E-state index in [1.54, 1.807) is 18.7 Å². The summed E-state index contributed by atoms with van der Waals surface area (Å²) in [4.78, 5) is 11.5. The zero-order valence-corrected chi connectivity index (χ0v) is 11.3. The Balaban J connectivity index is 3.88. The molecule has 2 atom stereocenters. The van der Waals surface area contributed by atoms with Crippen molar-refractivity contribution in [3.63, 3.8) is 0 Å². The van der Waals surface area contributed by atoms with Gasteiger partial charge in [0, 0.05) is 18.7 Å². The molecule has 16 heavy (non-hydrogen) atoms. The highest BCUT2D eigenvalue weighted by molar-refractivity contribution is 7.98. The van der Waals surface area contributed by atoms with Crippen molar-refractivity contribution in [3.05, 3.63) is 0 Å². The second kappa shape index (κ2) is 7.92. The lowest BCUT2D eigenvalue weighted by Crippen LogP contribution is -2.43. The Morgan fingerprint density at radius 1 is 1.62 bits per heavy atom. The number of thioether (sulfide) groups is 1. The van der Waals surface area contributed by atoms with Crippen LogP contribution in [0.15, 0.2) is 0 Å². The number of nitrogens with one attached hydrogen (secondary N) is 1. The molecule has 0 aromatic carbocycles. The highest BCUT2D eigenvalue weighted by Gasteiger charge is 2.20. The van der Waals surface area contributed by atoms with E-state index in [9.17, 15) is 9.90 Å². The second-order valence-corrected chi connectivity index (χ2v) is 5.29. The number of amides is 1. The Morgan fingerprint density at radius 2 is 2.25 bits per heavy atom. The summed E-state index contributed by atoms with van der Waals surface area (Å²) in [6.07, 6.45) is 3.28. The largest absolute Gasteiger partial charge is 0.387 e. The van der Waals surface area contributed by atoms with Gasteiger partial charge in [-0.2, -0.15) is 11.8 Å². The number of hydrogen-bond donors (Lipinski definition) is 3. The van der Waals surface area contributed by atoms with E-state index in [-0.39, 0.29) is 11.8 Å². The van der Waals surface area contributed by atoms with Crippen LogP contribution in [0, 0.1) is 5.92 Å². The molecule has 0 rings (SSSR count). The van der Waals surface area contributed by atoms with Crippen LogP contribution in [0.1, 0.15) is 26.7 Å². The number of carbonyl (C=O) groups is 1. The zero-order valence-electron chi connectivity index (χ0n) is 10.5. The van der Waals surface area contributed by atoms with Gasteiger partial charge in [-0.05, 0) is 25.6 Å². The van der Waals surface area contributed by atoms with E-state index in [1.165, 1.54) is 0 Å². The summed E-state index contributed by atoms with van der Waals surface area (Å²) in [6.45, 7) is 4.58. The molecule has 0 aromatic heterocycles. The lowest BCUT2D eigenvalue weighted by atomic mass is 10.0. The molecule has 1 amide bonds. The Labute approximate surface area is 102 Å². The number of carbonyl (C=O) groups excluding carboxylic acids is 1. The van der Waals surface area contributed by atoms with Gasteiger partial charge in [0.2, 0.25) is 5.91 Å². The quantitative estimate of drug-likeness (QED) is 0.588. The third-order valence-electron chi connectivity index (χ3n) is 2.51. The molecule has 0 aliphatic heterocycles. The molecule has 96 valence electrons. The fourth-order valence-electron chi connectivity index (χ4n) is 1.38. The first-order valence-corrected chi connectivity index (χ1v) is 7.02. The minimum Gasteiger partial charge on any atom is -0.387 e. The van der Waals surface area contributed by atoms with Crippen LogP contribution in [-0.4, -0.2) is 41.7 Å². The summed E-state index contributed by atoms with van der Waals surface area (Å²) in [7, 11) is 0. The van der Waals surface area contributed by atoms with E-state index in [2.05, 4.69) is 5.32 Å². The fourth-order valence-corrected chi connectivity index (χ4v) is 2.10. The Bertz CT molecular complexity index is 206. The predicted octanol–water partition coefficient (Wildman–Crippen LogP) is 0.592. The van der Waals surface area contributed by atoms with E-state index in [4.69, 9.17) is 5.73 Å². The van der Waals surface area contributed by atoms with Gasteiger partial charge in [0.25, 0.3) is 0 Å². The van der Waals surface area contributed by atoms with Crippen LogP contribution in [-0.2, 0) is 4.79 Å². The maximum atomic E-state index is 11.5. The van der Waals surface area contributed by atoms with E-state index in [1.807, 2.05) is 13.2 Å². The summed E-state index contributed by atoms with van der Waals surface area (Å²) in [6, 6.07) is 0. The Morgan fingerprint density at radius 3 is 2.69 bits per heavy atom. The van der Waals surface area contributed by atoms with Gasteiger partial charge in [0.05, 0.1) is 5.60 Å². The summed E-state index contributed by atoms with van der Waals surface area (Å²) < 4.78 is 0. The molecular weight excluding hydrogens is 224 g/mol. The first-order valence-electron chi connectivity index (χ1n) is 5.63. The van der Waals surface area contributed by atoms with Crippen molar-refractivity contribution in [1.29, 1.82) is 0 Å². The maximum Gasteiger partial charge on any atom is 0.220 e. The molecule has 0 spiro atoms. The third kappa shape index (κ3) is 7.09. The van der Waals surface area contributed by atoms with Crippen LogP contribution < -0.4 is 11.1 Å². The van der Waals surface area contributed by atoms with E-state index in [0.29, 0.717) is 25.3 Å². The summed E-state index contributed by atoms with van der Waals surface area (Å²) >= 11 is 1.56. The van der Waals surface area contributed by atoms with Crippen molar-refractivity contribution < 1.29 is 9.90 Å². The van der Waals surface area contributed by atoms with Crippen molar-refractivity contribution in [3.8, 4) is 0 Å². The molecular formula is C11H24N2O2S. The SMILES string of the molecule is CCC(CN)CC(=O)NCC(C)(O)CSC. The first kappa shape index (κ1) is 15.7. The van der Waals surface area contributed by atoms with Crippen LogP contribution >= 0.6 is 11.8 Å². The van der Waals surface area contributed by atoms with Crippen molar-refractivity contribution in [2.45, 2.75) is 32.3 Å². The van der Waals surface area contributed by atoms with Gasteiger partial charge in [0.15, 0.2) is 0 Å². The van der Waals surface area contributed by atoms with Gasteiger partial charge in [-0.25, -0.2) is 0 Å². The van der Waals surface area contributed by atoms with Gasteiger partial charge < -0.3 is 16.2 Å². The van der Waals surface area contributed by atoms with Gasteiger partial charge in [-0.15, -0.1) is 0 Å². The summed E-state index contributed by atoms with van der Waals surface area (Å²) in [5, 5.41) is 12.6. The molecule has 4 N–H and O–H groups in total. The Hall–Kier alpha value is -0.260. The van der Waals surface area contributed by atoms with Gasteiger partial charge in [0.1, 0.15) is 0 Å². The Kier molecular flexibility index (Phi) is 7.80. The molecule has 0 aliphatic carbocycles. The number of rotatable bonds is 8. The fraction of sp³-hybridized carbons (Fsp3) is 0.909. The second-order valence-electron chi connectivity index (χ2n) is 4.42. The van der Waals surface area contributed by atoms with Gasteiger partial charge in [-0.1, -0.05) is 13.3 Å². The highest BCUT2D eigenvalue weighted by Crippen LogP contribution is 2.10. The highest BCUT2D eigenvalue weighted by atomic mass is 32.2. The maximum absolute atomic E-state index is 11.5. The minimum absolute atomic E-state index is 0.0290. The number of nitrogens with two attached hydrogens (primary N) is 1. The number of hydrogen-bond acceptors (Lipinski definition) is 4. The normalized spacial score (nSPS) is 16.6. The average molecular weight is 248 g/mol. The van der Waals surface area contributed by atoms with Gasteiger partial charge >= 0.3 is 0 Å². The predicted molar refractivity (Wildman–Crippen MR) is 69.5 cm³/mol. The van der Waals surface area contributed by atoms with Crippen molar-refractivity contribution in [2.24, 2.45) is 11.7 Å². The van der Waals surface area contributed by atoms with E-state index < -0.39 is 5.60 Å². The third-order valence-corrected chi connectivity index (χ3v) is 3.42. The summed E-state index contributed by atoms with van der Waals surface area (Å²) in [5.41, 5.74) is 4.69. The molecule has 0 aromatic rings. The van der Waals surface area contributed by atoms with Crippen LogP contribution in [0.5, 0.6) is 0 Å². The first-order chi connectivity index (χ1) is 7.45. The average Bonchev–Trinajstić information content (AvgIpc) is 2.23.